The van der Waals surface area contributed by atoms with Gasteiger partial charge in [0.25, 0.3) is 5.91 Å². The molecule has 1 unspecified atom stereocenters. The Hall–Kier alpha value is -2.08. The molecule has 6 heteroatoms. The van der Waals surface area contributed by atoms with Crippen LogP contribution in [-0.2, 0) is 4.79 Å². The molecular formula is C10H13N3O3. The number of para-hydroxylation sites is 1. The minimum Gasteiger partial charge on any atom is -0.507 e. The highest BCUT2D eigenvalue weighted by Crippen LogP contribution is 2.27. The van der Waals surface area contributed by atoms with Crippen molar-refractivity contribution >= 4 is 11.8 Å². The fourth-order valence-corrected chi connectivity index (χ4v) is 1.39. The van der Waals surface area contributed by atoms with Crippen LogP contribution in [-0.4, -0.2) is 16.9 Å². The van der Waals surface area contributed by atoms with Gasteiger partial charge in [-0.15, -0.1) is 0 Å². The molecule has 0 fully saturated rings. The van der Waals surface area contributed by atoms with Crippen LogP contribution >= 0.6 is 0 Å². The highest BCUT2D eigenvalue weighted by molar-refractivity contribution is 5.96. The topological polar surface area (TPSA) is 132 Å². The van der Waals surface area contributed by atoms with Gasteiger partial charge in [0.2, 0.25) is 5.91 Å². The third kappa shape index (κ3) is 2.48. The van der Waals surface area contributed by atoms with Crippen molar-refractivity contribution in [1.29, 1.82) is 0 Å². The van der Waals surface area contributed by atoms with E-state index in [0.29, 0.717) is 0 Å². The van der Waals surface area contributed by atoms with Gasteiger partial charge in [-0.25, -0.2) is 0 Å². The summed E-state index contributed by atoms with van der Waals surface area (Å²) in [5.41, 5.74) is 15.9. The van der Waals surface area contributed by atoms with Gasteiger partial charge in [-0.05, 0) is 6.07 Å². The molecule has 16 heavy (non-hydrogen) atoms. The van der Waals surface area contributed by atoms with Crippen molar-refractivity contribution < 1.29 is 14.7 Å². The van der Waals surface area contributed by atoms with Crippen LogP contribution in [0.15, 0.2) is 18.2 Å². The maximum atomic E-state index is 10.9. The van der Waals surface area contributed by atoms with Crippen molar-refractivity contribution in [2.45, 2.75) is 12.5 Å². The number of benzene rings is 1. The molecule has 0 heterocycles. The Morgan fingerprint density at radius 1 is 1.31 bits per heavy atom. The zero-order valence-corrected chi connectivity index (χ0v) is 8.51. The van der Waals surface area contributed by atoms with Crippen LogP contribution in [0.3, 0.4) is 0 Å². The Bertz CT molecular complexity index is 431. The van der Waals surface area contributed by atoms with Crippen molar-refractivity contribution in [2.24, 2.45) is 17.2 Å². The fraction of sp³-hybridized carbons (Fsp3) is 0.200. The van der Waals surface area contributed by atoms with Crippen LogP contribution in [0.4, 0.5) is 0 Å². The summed E-state index contributed by atoms with van der Waals surface area (Å²) >= 11 is 0. The number of amides is 2. The number of hydrogen-bond donors (Lipinski definition) is 4. The molecule has 0 radical (unpaired) electrons. The van der Waals surface area contributed by atoms with Gasteiger partial charge in [0.15, 0.2) is 0 Å². The number of aromatic hydroxyl groups is 1. The maximum Gasteiger partial charge on any atom is 0.252 e. The van der Waals surface area contributed by atoms with Crippen LogP contribution in [0.5, 0.6) is 5.75 Å². The van der Waals surface area contributed by atoms with Gasteiger partial charge in [0, 0.05) is 18.0 Å². The zero-order chi connectivity index (χ0) is 12.3. The summed E-state index contributed by atoms with van der Waals surface area (Å²) < 4.78 is 0. The van der Waals surface area contributed by atoms with E-state index in [1.807, 2.05) is 0 Å². The van der Waals surface area contributed by atoms with Gasteiger partial charge in [0.1, 0.15) is 5.75 Å². The molecule has 0 saturated carbocycles. The second-order valence-electron chi connectivity index (χ2n) is 3.38. The predicted octanol–water partition coefficient (Wildman–Crippen LogP) is -0.634. The molecule has 7 N–H and O–H groups in total. The molecule has 1 rings (SSSR count). The van der Waals surface area contributed by atoms with Crippen LogP contribution in [0.25, 0.3) is 0 Å². The van der Waals surface area contributed by atoms with Gasteiger partial charge in [-0.1, -0.05) is 12.1 Å². The van der Waals surface area contributed by atoms with Gasteiger partial charge >= 0.3 is 0 Å². The predicted molar refractivity (Wildman–Crippen MR) is 57.4 cm³/mol. The molecule has 0 saturated heterocycles. The first-order valence-electron chi connectivity index (χ1n) is 4.59. The summed E-state index contributed by atoms with van der Waals surface area (Å²) in [6.07, 6.45) is -0.115. The fourth-order valence-electron chi connectivity index (χ4n) is 1.39. The normalized spacial score (nSPS) is 12.1. The Morgan fingerprint density at radius 3 is 2.44 bits per heavy atom. The minimum atomic E-state index is -0.759. The molecular weight excluding hydrogens is 210 g/mol. The van der Waals surface area contributed by atoms with Crippen molar-refractivity contribution in [3.63, 3.8) is 0 Å². The summed E-state index contributed by atoms with van der Waals surface area (Å²) in [6, 6.07) is 3.65. The summed E-state index contributed by atoms with van der Waals surface area (Å²) in [7, 11) is 0. The van der Waals surface area contributed by atoms with Crippen LogP contribution in [0.1, 0.15) is 28.4 Å². The van der Waals surface area contributed by atoms with Crippen LogP contribution < -0.4 is 17.2 Å². The molecule has 0 aliphatic heterocycles. The average Bonchev–Trinajstić information content (AvgIpc) is 2.16. The zero-order valence-electron chi connectivity index (χ0n) is 8.51. The Kier molecular flexibility index (Phi) is 3.47. The first kappa shape index (κ1) is 12.0. The molecule has 0 aromatic heterocycles. The van der Waals surface area contributed by atoms with E-state index < -0.39 is 17.9 Å². The van der Waals surface area contributed by atoms with Crippen molar-refractivity contribution in [2.75, 3.05) is 0 Å². The third-order valence-electron chi connectivity index (χ3n) is 2.15. The lowest BCUT2D eigenvalue weighted by Gasteiger charge is -2.13. The molecule has 1 aromatic carbocycles. The quantitative estimate of drug-likeness (QED) is 0.540. The number of nitrogens with two attached hydrogens (primary N) is 3. The second-order valence-corrected chi connectivity index (χ2v) is 3.38. The molecule has 0 aliphatic rings. The average molecular weight is 223 g/mol. The standard InChI is InChI=1S/C10H13N3O3/c11-7(4-8(12)14)5-2-1-3-6(9(5)15)10(13)16/h1-3,7,15H,4,11H2,(H2,12,14)(H2,13,16). The number of primary amides is 2. The number of phenols is 1. The van der Waals surface area contributed by atoms with Crippen LogP contribution in [0.2, 0.25) is 0 Å². The van der Waals surface area contributed by atoms with Gasteiger partial charge in [-0.2, -0.15) is 0 Å². The SMILES string of the molecule is NC(=O)CC(N)c1cccc(C(N)=O)c1O. The number of hydrogen-bond acceptors (Lipinski definition) is 4. The lowest BCUT2D eigenvalue weighted by Crippen LogP contribution is -2.21. The van der Waals surface area contributed by atoms with E-state index in [2.05, 4.69) is 0 Å². The lowest BCUT2D eigenvalue weighted by molar-refractivity contribution is -0.118. The van der Waals surface area contributed by atoms with Crippen molar-refractivity contribution in [3.05, 3.63) is 29.3 Å². The Morgan fingerprint density at radius 2 is 1.94 bits per heavy atom. The summed E-state index contributed by atoms with van der Waals surface area (Å²) in [6.45, 7) is 0. The van der Waals surface area contributed by atoms with E-state index >= 15 is 0 Å². The summed E-state index contributed by atoms with van der Waals surface area (Å²) in [5.74, 6) is -1.65. The highest BCUT2D eigenvalue weighted by atomic mass is 16.3. The van der Waals surface area contributed by atoms with E-state index in [1.54, 1.807) is 0 Å². The van der Waals surface area contributed by atoms with E-state index in [4.69, 9.17) is 17.2 Å². The third-order valence-corrected chi connectivity index (χ3v) is 2.15. The molecule has 0 spiro atoms. The molecule has 0 bridgehead atoms. The second kappa shape index (κ2) is 4.63. The van der Waals surface area contributed by atoms with Gasteiger partial charge < -0.3 is 22.3 Å². The molecule has 86 valence electrons. The number of rotatable bonds is 4. The van der Waals surface area contributed by atoms with Gasteiger partial charge in [-0.3, -0.25) is 9.59 Å². The molecule has 0 aliphatic carbocycles. The van der Waals surface area contributed by atoms with Crippen LogP contribution in [0, 0.1) is 0 Å². The summed E-state index contributed by atoms with van der Waals surface area (Å²) in [4.78, 5) is 21.6. The highest BCUT2D eigenvalue weighted by Gasteiger charge is 2.17. The molecule has 1 aromatic rings. The Balaban J connectivity index is 3.10. The largest absolute Gasteiger partial charge is 0.507 e. The molecule has 6 nitrogen and oxygen atoms in total. The van der Waals surface area contributed by atoms with E-state index in [1.165, 1.54) is 18.2 Å². The monoisotopic (exact) mass is 223 g/mol. The van der Waals surface area contributed by atoms with Crippen molar-refractivity contribution in [3.8, 4) is 5.75 Å². The van der Waals surface area contributed by atoms with Gasteiger partial charge in [0.05, 0.1) is 5.56 Å². The summed E-state index contributed by atoms with van der Waals surface area (Å²) in [5, 5.41) is 9.71. The molecule has 1 atom stereocenters. The van der Waals surface area contributed by atoms with E-state index in [9.17, 15) is 14.7 Å². The van der Waals surface area contributed by atoms with Crippen molar-refractivity contribution in [1.82, 2.24) is 0 Å². The number of carbonyl (C=O) groups is 2. The molecule has 2 amide bonds. The van der Waals surface area contributed by atoms with E-state index in [0.717, 1.165) is 0 Å². The maximum absolute atomic E-state index is 10.9. The minimum absolute atomic E-state index is 0.0302. The Labute approximate surface area is 92.0 Å². The first-order valence-corrected chi connectivity index (χ1v) is 4.59. The first-order chi connectivity index (χ1) is 7.43. The number of carbonyl (C=O) groups excluding carboxylic acids is 2. The van der Waals surface area contributed by atoms with E-state index in [-0.39, 0.29) is 23.3 Å². The lowest BCUT2D eigenvalue weighted by atomic mass is 10.00. The smallest absolute Gasteiger partial charge is 0.252 e.